The highest BCUT2D eigenvalue weighted by atomic mass is 32.2. The van der Waals surface area contributed by atoms with Gasteiger partial charge in [-0.1, -0.05) is 24.3 Å². The van der Waals surface area contributed by atoms with Gasteiger partial charge in [-0.15, -0.1) is 11.3 Å². The van der Waals surface area contributed by atoms with Crippen molar-refractivity contribution in [2.45, 2.75) is 18.0 Å². The summed E-state index contributed by atoms with van der Waals surface area (Å²) in [6, 6.07) is 10.3. The van der Waals surface area contributed by atoms with Crippen LogP contribution in [0.3, 0.4) is 0 Å². The molecule has 1 aromatic heterocycles. The zero-order valence-corrected chi connectivity index (χ0v) is 12.1. The van der Waals surface area contributed by atoms with E-state index in [2.05, 4.69) is 0 Å². The Labute approximate surface area is 117 Å². The number of hydrogen-bond donors (Lipinski definition) is 1. The molecule has 0 spiro atoms. The Kier molecular flexibility index (Phi) is 4.36. The number of rotatable bonds is 5. The monoisotopic (exact) mass is 297 g/mol. The second-order valence-electron chi connectivity index (χ2n) is 4.11. The Balaban J connectivity index is 2.31. The van der Waals surface area contributed by atoms with Crippen LogP contribution in [0.4, 0.5) is 0 Å². The standard InChI is InChI=1S/C13H15NO3S2/c1-14(9-12-6-4-8-18-12)19(16,17)13-7-3-2-5-11(13)10-15/h2-8,15H,9-10H2,1H3. The summed E-state index contributed by atoms with van der Waals surface area (Å²) in [5.41, 5.74) is 0.417. The maximum atomic E-state index is 12.5. The van der Waals surface area contributed by atoms with E-state index < -0.39 is 10.0 Å². The third-order valence-electron chi connectivity index (χ3n) is 2.79. The van der Waals surface area contributed by atoms with Crippen molar-refractivity contribution < 1.29 is 13.5 Å². The van der Waals surface area contributed by atoms with E-state index in [-0.39, 0.29) is 11.5 Å². The second kappa shape index (κ2) is 5.83. The van der Waals surface area contributed by atoms with Crippen molar-refractivity contribution in [3.8, 4) is 0 Å². The predicted molar refractivity (Wildman–Crippen MR) is 75.3 cm³/mol. The van der Waals surface area contributed by atoms with Gasteiger partial charge in [0.15, 0.2) is 0 Å². The molecule has 0 bridgehead atoms. The second-order valence-corrected chi connectivity index (χ2v) is 7.15. The highest BCUT2D eigenvalue weighted by molar-refractivity contribution is 7.89. The molecule has 0 saturated heterocycles. The molecule has 0 aliphatic carbocycles. The van der Waals surface area contributed by atoms with Crippen molar-refractivity contribution in [1.82, 2.24) is 4.31 Å². The number of benzene rings is 1. The third kappa shape index (κ3) is 3.03. The average molecular weight is 297 g/mol. The van der Waals surface area contributed by atoms with Gasteiger partial charge in [0.1, 0.15) is 0 Å². The number of hydrogen-bond acceptors (Lipinski definition) is 4. The van der Waals surface area contributed by atoms with Crippen LogP contribution in [0, 0.1) is 0 Å². The maximum Gasteiger partial charge on any atom is 0.243 e. The summed E-state index contributed by atoms with van der Waals surface area (Å²) in [6.45, 7) is 0.0437. The minimum atomic E-state index is -3.58. The van der Waals surface area contributed by atoms with Gasteiger partial charge in [-0.3, -0.25) is 0 Å². The van der Waals surface area contributed by atoms with Crippen molar-refractivity contribution in [1.29, 1.82) is 0 Å². The highest BCUT2D eigenvalue weighted by Crippen LogP contribution is 2.22. The molecule has 6 heteroatoms. The number of sulfonamides is 1. The molecule has 0 unspecified atom stereocenters. The van der Waals surface area contributed by atoms with Crippen molar-refractivity contribution in [2.75, 3.05) is 7.05 Å². The van der Waals surface area contributed by atoms with E-state index in [4.69, 9.17) is 0 Å². The first-order chi connectivity index (χ1) is 9.05. The summed E-state index contributed by atoms with van der Waals surface area (Å²) >= 11 is 1.52. The molecular formula is C13H15NO3S2. The summed E-state index contributed by atoms with van der Waals surface area (Å²) in [5, 5.41) is 11.2. The quantitative estimate of drug-likeness (QED) is 0.919. The molecule has 0 fully saturated rings. The smallest absolute Gasteiger partial charge is 0.243 e. The van der Waals surface area contributed by atoms with Gasteiger partial charge < -0.3 is 5.11 Å². The summed E-state index contributed by atoms with van der Waals surface area (Å²) in [4.78, 5) is 1.14. The largest absolute Gasteiger partial charge is 0.392 e. The van der Waals surface area contributed by atoms with Gasteiger partial charge in [-0.2, -0.15) is 4.31 Å². The molecule has 1 heterocycles. The molecule has 102 valence electrons. The van der Waals surface area contributed by atoms with E-state index in [0.717, 1.165) is 4.88 Å². The lowest BCUT2D eigenvalue weighted by atomic mass is 10.2. The fraction of sp³-hybridized carbons (Fsp3) is 0.231. The van der Waals surface area contributed by atoms with Crippen LogP contribution in [0.5, 0.6) is 0 Å². The Morgan fingerprint density at radius 2 is 1.95 bits per heavy atom. The predicted octanol–water partition coefficient (Wildman–Crippen LogP) is 2.06. The topological polar surface area (TPSA) is 57.6 Å². The first kappa shape index (κ1) is 14.2. The minimum absolute atomic E-state index is 0.163. The number of aliphatic hydroxyl groups excluding tert-OH is 1. The van der Waals surface area contributed by atoms with E-state index in [1.165, 1.54) is 21.7 Å². The van der Waals surface area contributed by atoms with E-state index in [9.17, 15) is 13.5 Å². The maximum absolute atomic E-state index is 12.5. The van der Waals surface area contributed by atoms with Crippen LogP contribution in [0.25, 0.3) is 0 Å². The van der Waals surface area contributed by atoms with Crippen molar-refractivity contribution in [3.05, 3.63) is 52.2 Å². The zero-order valence-electron chi connectivity index (χ0n) is 10.5. The highest BCUT2D eigenvalue weighted by Gasteiger charge is 2.23. The molecule has 19 heavy (non-hydrogen) atoms. The first-order valence-corrected chi connectivity index (χ1v) is 8.05. The summed E-state index contributed by atoms with van der Waals surface area (Å²) in [5.74, 6) is 0. The normalized spacial score (nSPS) is 11.9. The van der Waals surface area contributed by atoms with E-state index in [1.807, 2.05) is 17.5 Å². The molecule has 4 nitrogen and oxygen atoms in total. The fourth-order valence-corrected chi connectivity index (χ4v) is 3.96. The van der Waals surface area contributed by atoms with Crippen LogP contribution in [0.2, 0.25) is 0 Å². The Morgan fingerprint density at radius 3 is 2.58 bits per heavy atom. The lowest BCUT2D eigenvalue weighted by Gasteiger charge is -2.18. The van der Waals surface area contributed by atoms with Gasteiger partial charge in [0.05, 0.1) is 11.5 Å². The number of nitrogens with zero attached hydrogens (tertiary/aromatic N) is 1. The molecule has 0 atom stereocenters. The van der Waals surface area contributed by atoms with E-state index in [1.54, 1.807) is 25.2 Å². The summed E-state index contributed by atoms with van der Waals surface area (Å²) < 4.78 is 26.2. The lowest BCUT2D eigenvalue weighted by Crippen LogP contribution is -2.27. The molecular weight excluding hydrogens is 282 g/mol. The van der Waals surface area contributed by atoms with Crippen LogP contribution < -0.4 is 0 Å². The van der Waals surface area contributed by atoms with E-state index >= 15 is 0 Å². The van der Waals surface area contributed by atoms with Gasteiger partial charge in [0.2, 0.25) is 10.0 Å². The zero-order chi connectivity index (χ0) is 13.9. The molecule has 2 aromatic rings. The van der Waals surface area contributed by atoms with E-state index in [0.29, 0.717) is 12.1 Å². The summed E-state index contributed by atoms with van der Waals surface area (Å²) in [6.07, 6.45) is 0. The molecule has 0 amide bonds. The number of thiophene rings is 1. The Morgan fingerprint density at radius 1 is 1.21 bits per heavy atom. The molecule has 0 radical (unpaired) electrons. The third-order valence-corrected chi connectivity index (χ3v) is 5.55. The summed E-state index contributed by atoms with van der Waals surface area (Å²) in [7, 11) is -2.03. The van der Waals surface area contributed by atoms with Crippen LogP contribution in [-0.2, 0) is 23.2 Å². The Hall–Kier alpha value is -1.21. The molecule has 0 saturated carbocycles. The van der Waals surface area contributed by atoms with Gasteiger partial charge in [-0.05, 0) is 23.1 Å². The van der Waals surface area contributed by atoms with Crippen LogP contribution in [0.15, 0.2) is 46.7 Å². The molecule has 2 rings (SSSR count). The van der Waals surface area contributed by atoms with Gasteiger partial charge in [-0.25, -0.2) is 8.42 Å². The van der Waals surface area contributed by atoms with Crippen molar-refractivity contribution >= 4 is 21.4 Å². The van der Waals surface area contributed by atoms with Crippen LogP contribution in [0.1, 0.15) is 10.4 Å². The average Bonchev–Trinajstić information content (AvgIpc) is 2.91. The molecule has 1 aromatic carbocycles. The van der Waals surface area contributed by atoms with Crippen molar-refractivity contribution in [3.63, 3.8) is 0 Å². The Bertz CT molecular complexity index is 636. The van der Waals surface area contributed by atoms with Crippen LogP contribution in [-0.4, -0.2) is 24.9 Å². The molecule has 0 aliphatic heterocycles. The first-order valence-electron chi connectivity index (χ1n) is 5.73. The number of aliphatic hydroxyl groups is 1. The van der Waals surface area contributed by atoms with Gasteiger partial charge >= 0.3 is 0 Å². The minimum Gasteiger partial charge on any atom is -0.392 e. The molecule has 0 aliphatic rings. The van der Waals surface area contributed by atoms with Gasteiger partial charge in [0.25, 0.3) is 0 Å². The van der Waals surface area contributed by atoms with Crippen LogP contribution >= 0.6 is 11.3 Å². The molecule has 1 N–H and O–H groups in total. The fourth-order valence-electron chi connectivity index (χ4n) is 1.76. The van der Waals surface area contributed by atoms with Gasteiger partial charge in [0, 0.05) is 18.5 Å². The lowest BCUT2D eigenvalue weighted by molar-refractivity contribution is 0.278. The van der Waals surface area contributed by atoms with Crippen molar-refractivity contribution in [2.24, 2.45) is 0 Å². The SMILES string of the molecule is CN(Cc1cccs1)S(=O)(=O)c1ccccc1CO.